The topological polar surface area (TPSA) is 45.2 Å². The quantitative estimate of drug-likeness (QED) is 0.857. The van der Waals surface area contributed by atoms with Gasteiger partial charge in [0.25, 0.3) is 0 Å². The number of amides is 1. The van der Waals surface area contributed by atoms with E-state index in [2.05, 4.69) is 61.4 Å². The molecule has 1 N–H and O–H groups in total. The summed E-state index contributed by atoms with van der Waals surface area (Å²) in [6, 6.07) is 14.8. The maximum atomic E-state index is 11.9. The van der Waals surface area contributed by atoms with Crippen LogP contribution in [0, 0.1) is 5.92 Å². The van der Waals surface area contributed by atoms with Gasteiger partial charge < -0.3 is 10.2 Å². The van der Waals surface area contributed by atoms with E-state index >= 15 is 0 Å². The van der Waals surface area contributed by atoms with E-state index in [-0.39, 0.29) is 18.0 Å². The molecule has 1 aliphatic heterocycles. The molecule has 1 fully saturated rings. The lowest BCUT2D eigenvalue weighted by molar-refractivity contribution is -0.117. The number of nitrogens with one attached hydrogen (secondary N) is 1. The van der Waals surface area contributed by atoms with Crippen LogP contribution in [0.2, 0.25) is 0 Å². The third kappa shape index (κ3) is 4.07. The van der Waals surface area contributed by atoms with Crippen molar-refractivity contribution in [3.05, 3.63) is 59.9 Å². The summed E-state index contributed by atoms with van der Waals surface area (Å²) >= 11 is 0. The fourth-order valence-electron chi connectivity index (χ4n) is 3.41. The van der Waals surface area contributed by atoms with Gasteiger partial charge in [-0.1, -0.05) is 32.0 Å². The van der Waals surface area contributed by atoms with Crippen molar-refractivity contribution in [2.45, 2.75) is 45.7 Å². The molecular weight excluding hydrogens is 310 g/mol. The summed E-state index contributed by atoms with van der Waals surface area (Å²) in [7, 11) is 0. The van der Waals surface area contributed by atoms with Crippen LogP contribution in [0.4, 0.5) is 5.69 Å². The molecule has 1 saturated heterocycles. The number of benzene rings is 1. The molecule has 1 aromatic carbocycles. The van der Waals surface area contributed by atoms with E-state index in [1.807, 2.05) is 23.2 Å². The first kappa shape index (κ1) is 17.6. The molecule has 0 bridgehead atoms. The van der Waals surface area contributed by atoms with Crippen molar-refractivity contribution in [2.24, 2.45) is 5.92 Å². The second-order valence-electron chi connectivity index (χ2n) is 7.11. The van der Waals surface area contributed by atoms with E-state index < -0.39 is 0 Å². The Bertz CT molecular complexity index is 697. The Hall–Kier alpha value is -2.20. The van der Waals surface area contributed by atoms with Crippen molar-refractivity contribution in [2.75, 3.05) is 11.4 Å². The molecule has 0 unspecified atom stereocenters. The normalized spacial score (nSPS) is 17.1. The molecule has 2 atom stereocenters. The number of aromatic nitrogens is 1. The zero-order chi connectivity index (χ0) is 17.8. The summed E-state index contributed by atoms with van der Waals surface area (Å²) in [5.74, 6) is 0.674. The lowest BCUT2D eigenvalue weighted by atomic mass is 9.97. The molecule has 0 spiro atoms. The van der Waals surface area contributed by atoms with Crippen molar-refractivity contribution >= 4 is 11.6 Å². The number of carbonyl (C=O) groups excluding carboxylic acids is 1. The molecule has 1 amide bonds. The molecule has 0 radical (unpaired) electrons. The average Bonchev–Trinajstić information content (AvgIpc) is 3.06. The van der Waals surface area contributed by atoms with Crippen LogP contribution in [0.15, 0.2) is 48.7 Å². The summed E-state index contributed by atoms with van der Waals surface area (Å²) in [6.45, 7) is 7.43. The highest BCUT2D eigenvalue weighted by atomic mass is 16.2. The van der Waals surface area contributed by atoms with Crippen molar-refractivity contribution in [1.29, 1.82) is 0 Å². The van der Waals surface area contributed by atoms with Gasteiger partial charge in [-0.2, -0.15) is 0 Å². The van der Waals surface area contributed by atoms with E-state index in [1.165, 1.54) is 5.56 Å². The van der Waals surface area contributed by atoms with Gasteiger partial charge in [0.2, 0.25) is 5.91 Å². The molecule has 0 saturated carbocycles. The van der Waals surface area contributed by atoms with Gasteiger partial charge >= 0.3 is 0 Å². The fraction of sp³-hybridized carbons (Fsp3) is 0.429. The van der Waals surface area contributed by atoms with Gasteiger partial charge in [-0.3, -0.25) is 9.78 Å². The first-order chi connectivity index (χ1) is 12.1. The van der Waals surface area contributed by atoms with Crippen LogP contribution < -0.4 is 10.2 Å². The number of hydrogen-bond acceptors (Lipinski definition) is 3. The third-order valence-electron chi connectivity index (χ3n) is 4.88. The summed E-state index contributed by atoms with van der Waals surface area (Å²) < 4.78 is 0. The van der Waals surface area contributed by atoms with E-state index in [0.29, 0.717) is 12.3 Å². The largest absolute Gasteiger partial charge is 0.312 e. The molecule has 4 heteroatoms. The second-order valence-corrected chi connectivity index (χ2v) is 7.11. The minimum absolute atomic E-state index is 0.205. The van der Waals surface area contributed by atoms with Crippen molar-refractivity contribution in [3.8, 4) is 0 Å². The van der Waals surface area contributed by atoms with Crippen molar-refractivity contribution < 1.29 is 4.79 Å². The van der Waals surface area contributed by atoms with Gasteiger partial charge in [0, 0.05) is 30.9 Å². The van der Waals surface area contributed by atoms with Crippen LogP contribution in [0.25, 0.3) is 0 Å². The molecule has 1 aromatic heterocycles. The van der Waals surface area contributed by atoms with E-state index in [4.69, 9.17) is 0 Å². The zero-order valence-corrected chi connectivity index (χ0v) is 15.3. The first-order valence-corrected chi connectivity index (χ1v) is 9.13. The van der Waals surface area contributed by atoms with Gasteiger partial charge in [-0.05, 0) is 49.1 Å². The Morgan fingerprint density at radius 3 is 2.40 bits per heavy atom. The van der Waals surface area contributed by atoms with Crippen molar-refractivity contribution in [1.82, 2.24) is 10.3 Å². The maximum Gasteiger partial charge on any atom is 0.227 e. The van der Waals surface area contributed by atoms with E-state index in [9.17, 15) is 4.79 Å². The van der Waals surface area contributed by atoms with Gasteiger partial charge in [-0.25, -0.2) is 0 Å². The smallest absolute Gasteiger partial charge is 0.227 e. The summed E-state index contributed by atoms with van der Waals surface area (Å²) in [5.41, 5.74) is 3.30. The predicted molar refractivity (Wildman–Crippen MR) is 101 cm³/mol. The SMILES string of the molecule is CC(C)[C@H](N[C@@H](C)c1ccc(N2CCCC2=O)cc1)c1ccccn1. The van der Waals surface area contributed by atoms with Gasteiger partial charge in [0.05, 0.1) is 11.7 Å². The third-order valence-corrected chi connectivity index (χ3v) is 4.88. The van der Waals surface area contributed by atoms with Gasteiger partial charge in [0.1, 0.15) is 0 Å². The number of carbonyl (C=O) groups is 1. The monoisotopic (exact) mass is 337 g/mol. The Morgan fingerprint density at radius 2 is 1.84 bits per heavy atom. The van der Waals surface area contributed by atoms with Gasteiger partial charge in [0.15, 0.2) is 0 Å². The highest BCUT2D eigenvalue weighted by molar-refractivity contribution is 5.95. The number of hydrogen-bond donors (Lipinski definition) is 1. The van der Waals surface area contributed by atoms with Crippen LogP contribution in [-0.4, -0.2) is 17.4 Å². The fourth-order valence-corrected chi connectivity index (χ4v) is 3.41. The zero-order valence-electron chi connectivity index (χ0n) is 15.3. The first-order valence-electron chi connectivity index (χ1n) is 9.13. The highest BCUT2D eigenvalue weighted by Crippen LogP contribution is 2.27. The van der Waals surface area contributed by atoms with Crippen molar-refractivity contribution in [3.63, 3.8) is 0 Å². The van der Waals surface area contributed by atoms with Crippen LogP contribution >= 0.6 is 0 Å². The molecule has 0 aliphatic carbocycles. The Morgan fingerprint density at radius 1 is 1.08 bits per heavy atom. The number of rotatable bonds is 6. The molecule has 2 aromatic rings. The maximum absolute atomic E-state index is 11.9. The van der Waals surface area contributed by atoms with Crippen LogP contribution in [0.1, 0.15) is 57.0 Å². The molecule has 1 aliphatic rings. The molecular formula is C21H27N3O. The lowest BCUT2D eigenvalue weighted by Gasteiger charge is -2.26. The molecule has 4 nitrogen and oxygen atoms in total. The molecule has 3 rings (SSSR count). The van der Waals surface area contributed by atoms with E-state index in [1.54, 1.807) is 0 Å². The van der Waals surface area contributed by atoms with Crippen LogP contribution in [0.3, 0.4) is 0 Å². The second kappa shape index (κ2) is 7.79. The number of anilines is 1. The van der Waals surface area contributed by atoms with E-state index in [0.717, 1.165) is 24.3 Å². The Kier molecular flexibility index (Phi) is 5.49. The predicted octanol–water partition coefficient (Wildman–Crippen LogP) is 4.26. The van der Waals surface area contributed by atoms with Crippen LogP contribution in [0.5, 0.6) is 0 Å². The standard InChI is InChI=1S/C21H27N3O/c1-15(2)21(19-7-4-5-13-22-19)23-16(3)17-9-11-18(12-10-17)24-14-6-8-20(24)25/h4-5,7,9-13,15-16,21,23H,6,8,14H2,1-3H3/t16-,21-/m0/s1. The van der Waals surface area contributed by atoms with Crippen LogP contribution in [-0.2, 0) is 4.79 Å². The molecule has 132 valence electrons. The summed E-state index contributed by atoms with van der Waals surface area (Å²) in [4.78, 5) is 18.3. The lowest BCUT2D eigenvalue weighted by Crippen LogP contribution is -2.29. The summed E-state index contributed by atoms with van der Waals surface area (Å²) in [5, 5.41) is 3.70. The summed E-state index contributed by atoms with van der Waals surface area (Å²) in [6.07, 6.45) is 3.47. The minimum atomic E-state index is 0.205. The minimum Gasteiger partial charge on any atom is -0.312 e. The molecule has 25 heavy (non-hydrogen) atoms. The Labute approximate surface area is 150 Å². The Balaban J connectivity index is 1.71. The number of pyridine rings is 1. The van der Waals surface area contributed by atoms with Gasteiger partial charge in [-0.15, -0.1) is 0 Å². The number of nitrogens with zero attached hydrogens (tertiary/aromatic N) is 2. The average molecular weight is 337 g/mol. The highest BCUT2D eigenvalue weighted by Gasteiger charge is 2.22. The molecule has 2 heterocycles.